The first-order chi connectivity index (χ1) is 9.96. The largest absolute Gasteiger partial charge is 0.497 e. The molecule has 1 heterocycles. The highest BCUT2D eigenvalue weighted by atomic mass is 16.5. The fraction of sp³-hybridized carbons (Fsp3) is 0.500. The Morgan fingerprint density at radius 3 is 2.76 bits per heavy atom. The first-order valence-electron chi connectivity index (χ1n) is 6.81. The van der Waals surface area contributed by atoms with Crippen LogP contribution in [0.2, 0.25) is 0 Å². The molecular formula is C14H21N5O2. The van der Waals surface area contributed by atoms with Crippen LogP contribution in [0, 0.1) is 0 Å². The third-order valence-electron chi connectivity index (χ3n) is 3.10. The number of nitrogen functional groups attached to an aromatic ring is 1. The molecule has 0 saturated carbocycles. The molecule has 0 bridgehead atoms. The van der Waals surface area contributed by atoms with Gasteiger partial charge in [0.2, 0.25) is 0 Å². The number of nitrogens with zero attached hydrogens (tertiary/aromatic N) is 4. The minimum atomic E-state index is -0.369. The summed E-state index contributed by atoms with van der Waals surface area (Å²) in [6, 6.07) is 5.41. The van der Waals surface area contributed by atoms with Gasteiger partial charge in [-0.25, -0.2) is 4.68 Å². The summed E-state index contributed by atoms with van der Waals surface area (Å²) < 4.78 is 12.6. The minimum Gasteiger partial charge on any atom is -0.497 e. The van der Waals surface area contributed by atoms with Crippen molar-refractivity contribution in [2.75, 3.05) is 19.5 Å². The van der Waals surface area contributed by atoms with Gasteiger partial charge in [-0.3, -0.25) is 0 Å². The molecule has 7 heteroatoms. The van der Waals surface area contributed by atoms with Gasteiger partial charge in [0.05, 0.1) is 19.3 Å². The standard InChI is InChI=1S/C14H21N5O2/c1-5-21-14(2,3)9-19-13(16-17-18-19)11-8-10(20-4)6-7-12(11)15/h6-8H,5,9,15H2,1-4H3. The van der Waals surface area contributed by atoms with Crippen LogP contribution >= 0.6 is 0 Å². The fourth-order valence-corrected chi connectivity index (χ4v) is 2.16. The Balaban J connectivity index is 2.36. The van der Waals surface area contributed by atoms with Crippen molar-refractivity contribution in [1.82, 2.24) is 20.2 Å². The molecule has 0 aliphatic carbocycles. The zero-order valence-corrected chi connectivity index (χ0v) is 12.8. The average Bonchev–Trinajstić information content (AvgIpc) is 2.86. The molecule has 2 rings (SSSR count). The van der Waals surface area contributed by atoms with Gasteiger partial charge in [0, 0.05) is 17.9 Å². The Labute approximate surface area is 124 Å². The molecule has 0 aliphatic heterocycles. The summed E-state index contributed by atoms with van der Waals surface area (Å²) in [6.07, 6.45) is 0. The van der Waals surface area contributed by atoms with Gasteiger partial charge in [0.25, 0.3) is 0 Å². The summed E-state index contributed by atoms with van der Waals surface area (Å²) in [5.74, 6) is 1.30. The summed E-state index contributed by atoms with van der Waals surface area (Å²) in [6.45, 7) is 7.11. The Morgan fingerprint density at radius 1 is 1.33 bits per heavy atom. The van der Waals surface area contributed by atoms with Gasteiger partial charge in [-0.1, -0.05) is 0 Å². The maximum atomic E-state index is 6.03. The molecule has 0 fully saturated rings. The van der Waals surface area contributed by atoms with Crippen molar-refractivity contribution < 1.29 is 9.47 Å². The second kappa shape index (κ2) is 6.09. The number of hydrogen-bond donors (Lipinski definition) is 1. The lowest BCUT2D eigenvalue weighted by atomic mass is 10.1. The molecule has 2 aromatic rings. The van der Waals surface area contributed by atoms with Gasteiger partial charge in [-0.15, -0.1) is 5.10 Å². The van der Waals surface area contributed by atoms with Gasteiger partial charge in [0.1, 0.15) is 5.75 Å². The number of anilines is 1. The number of tetrazole rings is 1. The van der Waals surface area contributed by atoms with Crippen molar-refractivity contribution in [3.63, 3.8) is 0 Å². The quantitative estimate of drug-likeness (QED) is 0.816. The molecule has 0 unspecified atom stereocenters. The molecule has 0 atom stereocenters. The van der Waals surface area contributed by atoms with Crippen LogP contribution in [0.25, 0.3) is 11.4 Å². The number of nitrogens with two attached hydrogens (primary N) is 1. The zero-order valence-electron chi connectivity index (χ0n) is 12.8. The summed E-state index contributed by atoms with van der Waals surface area (Å²) in [5, 5.41) is 11.9. The molecule has 1 aromatic carbocycles. The van der Waals surface area contributed by atoms with Crippen LogP contribution in [-0.4, -0.2) is 39.5 Å². The topological polar surface area (TPSA) is 88.1 Å². The third kappa shape index (κ3) is 3.49. The average molecular weight is 291 g/mol. The van der Waals surface area contributed by atoms with Crippen LogP contribution in [0.15, 0.2) is 18.2 Å². The van der Waals surface area contributed by atoms with Gasteiger partial charge in [0.15, 0.2) is 5.82 Å². The van der Waals surface area contributed by atoms with Crippen LogP contribution in [-0.2, 0) is 11.3 Å². The molecular weight excluding hydrogens is 270 g/mol. The highest BCUT2D eigenvalue weighted by Gasteiger charge is 2.22. The molecule has 21 heavy (non-hydrogen) atoms. The van der Waals surface area contributed by atoms with E-state index in [1.165, 1.54) is 0 Å². The Morgan fingerprint density at radius 2 is 2.10 bits per heavy atom. The molecule has 0 radical (unpaired) electrons. The smallest absolute Gasteiger partial charge is 0.184 e. The second-order valence-corrected chi connectivity index (χ2v) is 5.31. The molecule has 7 nitrogen and oxygen atoms in total. The van der Waals surface area contributed by atoms with Crippen LogP contribution in [0.1, 0.15) is 20.8 Å². The maximum absolute atomic E-state index is 6.03. The highest BCUT2D eigenvalue weighted by Crippen LogP contribution is 2.28. The van der Waals surface area contributed by atoms with E-state index in [0.29, 0.717) is 30.4 Å². The lowest BCUT2D eigenvalue weighted by molar-refractivity contribution is -0.0246. The number of methoxy groups -OCH3 is 1. The Bertz CT molecular complexity index is 609. The van der Waals surface area contributed by atoms with Gasteiger partial charge in [-0.05, 0) is 49.4 Å². The number of benzene rings is 1. The highest BCUT2D eigenvalue weighted by molar-refractivity contribution is 5.73. The van der Waals surface area contributed by atoms with E-state index in [9.17, 15) is 0 Å². The van der Waals surface area contributed by atoms with Crippen LogP contribution in [0.3, 0.4) is 0 Å². The third-order valence-corrected chi connectivity index (χ3v) is 3.10. The summed E-state index contributed by atoms with van der Waals surface area (Å²) >= 11 is 0. The predicted molar refractivity (Wildman–Crippen MR) is 79.9 cm³/mol. The van der Waals surface area contributed by atoms with Crippen molar-refractivity contribution in [2.45, 2.75) is 32.9 Å². The molecule has 114 valence electrons. The van der Waals surface area contributed by atoms with E-state index >= 15 is 0 Å². The SMILES string of the molecule is CCOC(C)(C)Cn1nnnc1-c1cc(OC)ccc1N. The van der Waals surface area contributed by atoms with E-state index in [4.69, 9.17) is 15.2 Å². The van der Waals surface area contributed by atoms with Crippen molar-refractivity contribution in [3.05, 3.63) is 18.2 Å². The Hall–Kier alpha value is -2.15. The van der Waals surface area contributed by atoms with Crippen LogP contribution in [0.4, 0.5) is 5.69 Å². The lowest BCUT2D eigenvalue weighted by Crippen LogP contribution is -2.31. The van der Waals surface area contributed by atoms with E-state index in [-0.39, 0.29) is 5.60 Å². The van der Waals surface area contributed by atoms with E-state index in [0.717, 1.165) is 5.56 Å². The summed E-state index contributed by atoms with van der Waals surface area (Å²) in [4.78, 5) is 0. The predicted octanol–water partition coefficient (Wildman–Crippen LogP) is 1.75. The Kier molecular flexibility index (Phi) is 4.42. The molecule has 2 N–H and O–H groups in total. The zero-order chi connectivity index (χ0) is 15.5. The normalized spacial score (nSPS) is 11.6. The van der Waals surface area contributed by atoms with Crippen LogP contribution < -0.4 is 10.5 Å². The van der Waals surface area contributed by atoms with E-state index in [2.05, 4.69) is 15.5 Å². The summed E-state index contributed by atoms with van der Waals surface area (Å²) in [5.41, 5.74) is 7.00. The molecule has 0 spiro atoms. The van der Waals surface area contributed by atoms with Crippen molar-refractivity contribution in [2.24, 2.45) is 0 Å². The fourth-order valence-electron chi connectivity index (χ4n) is 2.16. The van der Waals surface area contributed by atoms with E-state index in [1.54, 1.807) is 23.9 Å². The van der Waals surface area contributed by atoms with Crippen LogP contribution in [0.5, 0.6) is 5.75 Å². The maximum Gasteiger partial charge on any atom is 0.184 e. The van der Waals surface area contributed by atoms with Gasteiger partial charge >= 0.3 is 0 Å². The second-order valence-electron chi connectivity index (χ2n) is 5.31. The molecule has 0 amide bonds. The van der Waals surface area contributed by atoms with Gasteiger partial charge < -0.3 is 15.2 Å². The number of hydrogen-bond acceptors (Lipinski definition) is 6. The first-order valence-corrected chi connectivity index (χ1v) is 6.81. The molecule has 1 aromatic heterocycles. The van der Waals surface area contributed by atoms with Crippen molar-refractivity contribution in [3.8, 4) is 17.1 Å². The van der Waals surface area contributed by atoms with Crippen molar-refractivity contribution >= 4 is 5.69 Å². The van der Waals surface area contributed by atoms with Crippen molar-refractivity contribution in [1.29, 1.82) is 0 Å². The monoisotopic (exact) mass is 291 g/mol. The number of aromatic nitrogens is 4. The summed E-state index contributed by atoms with van der Waals surface area (Å²) in [7, 11) is 1.61. The number of rotatable bonds is 6. The molecule has 0 saturated heterocycles. The first kappa shape index (κ1) is 15.2. The number of ether oxygens (including phenoxy) is 2. The molecule has 0 aliphatic rings. The van der Waals surface area contributed by atoms with E-state index in [1.807, 2.05) is 26.8 Å². The minimum absolute atomic E-state index is 0.369. The van der Waals surface area contributed by atoms with Gasteiger partial charge in [-0.2, -0.15) is 0 Å². The lowest BCUT2D eigenvalue weighted by Gasteiger charge is -2.24. The van der Waals surface area contributed by atoms with E-state index < -0.39 is 0 Å².